The molecule has 0 aliphatic heterocycles. The van der Waals surface area contributed by atoms with Crippen LogP contribution in [0.3, 0.4) is 0 Å². The standard InChI is InChI=1S/C12H21N3O2/c1-8(2)5-10(7-16)15-11-6-12(17-4)14-9(3)13-11/h6,8,10,16H,5,7H2,1-4H3,(H,13,14,15). The first kappa shape index (κ1) is 13.7. The zero-order valence-electron chi connectivity index (χ0n) is 10.9. The number of aromatic nitrogens is 2. The lowest BCUT2D eigenvalue weighted by Crippen LogP contribution is -2.26. The van der Waals surface area contributed by atoms with Gasteiger partial charge in [-0.2, -0.15) is 4.98 Å². The highest BCUT2D eigenvalue weighted by atomic mass is 16.5. The Balaban J connectivity index is 2.74. The van der Waals surface area contributed by atoms with Gasteiger partial charge in [-0.3, -0.25) is 0 Å². The van der Waals surface area contributed by atoms with Gasteiger partial charge in [0.05, 0.1) is 19.8 Å². The van der Waals surface area contributed by atoms with Gasteiger partial charge in [-0.05, 0) is 19.3 Å². The van der Waals surface area contributed by atoms with E-state index in [0.717, 1.165) is 6.42 Å². The van der Waals surface area contributed by atoms with Crippen molar-refractivity contribution in [2.24, 2.45) is 5.92 Å². The number of methoxy groups -OCH3 is 1. The quantitative estimate of drug-likeness (QED) is 0.789. The van der Waals surface area contributed by atoms with Crippen LogP contribution in [0.1, 0.15) is 26.1 Å². The van der Waals surface area contributed by atoms with Gasteiger partial charge in [-0.15, -0.1) is 0 Å². The monoisotopic (exact) mass is 239 g/mol. The van der Waals surface area contributed by atoms with Gasteiger partial charge in [0, 0.05) is 6.07 Å². The molecule has 17 heavy (non-hydrogen) atoms. The molecular weight excluding hydrogens is 218 g/mol. The first-order valence-corrected chi connectivity index (χ1v) is 5.82. The van der Waals surface area contributed by atoms with Crippen molar-refractivity contribution in [3.05, 3.63) is 11.9 Å². The summed E-state index contributed by atoms with van der Waals surface area (Å²) in [5.41, 5.74) is 0. The number of ether oxygens (including phenoxy) is 1. The highest BCUT2D eigenvalue weighted by Crippen LogP contribution is 2.15. The summed E-state index contributed by atoms with van der Waals surface area (Å²) in [6, 6.07) is 1.74. The number of nitrogens with one attached hydrogen (secondary N) is 1. The van der Waals surface area contributed by atoms with E-state index < -0.39 is 0 Å². The van der Waals surface area contributed by atoms with Crippen molar-refractivity contribution in [3.63, 3.8) is 0 Å². The maximum Gasteiger partial charge on any atom is 0.218 e. The molecule has 1 atom stereocenters. The smallest absolute Gasteiger partial charge is 0.218 e. The van der Waals surface area contributed by atoms with Crippen LogP contribution >= 0.6 is 0 Å². The number of anilines is 1. The van der Waals surface area contributed by atoms with E-state index in [0.29, 0.717) is 23.4 Å². The Morgan fingerprint density at radius 2 is 2.12 bits per heavy atom. The van der Waals surface area contributed by atoms with Crippen LogP contribution in [0.2, 0.25) is 0 Å². The lowest BCUT2D eigenvalue weighted by atomic mass is 10.0. The Hall–Kier alpha value is -1.36. The minimum atomic E-state index is 0.00834. The molecule has 0 amide bonds. The van der Waals surface area contributed by atoms with Crippen LogP contribution in [-0.2, 0) is 0 Å². The second-order valence-corrected chi connectivity index (χ2v) is 4.50. The summed E-state index contributed by atoms with van der Waals surface area (Å²) in [5, 5.41) is 12.5. The third-order valence-corrected chi connectivity index (χ3v) is 2.35. The molecule has 1 unspecified atom stereocenters. The Labute approximate surface area is 102 Å². The van der Waals surface area contributed by atoms with Crippen molar-refractivity contribution in [2.45, 2.75) is 33.2 Å². The van der Waals surface area contributed by atoms with Crippen LogP contribution in [0.25, 0.3) is 0 Å². The Morgan fingerprint density at radius 1 is 1.41 bits per heavy atom. The maximum atomic E-state index is 9.29. The van der Waals surface area contributed by atoms with Crippen molar-refractivity contribution in [1.29, 1.82) is 0 Å². The van der Waals surface area contributed by atoms with Crippen LogP contribution in [0.4, 0.5) is 5.82 Å². The van der Waals surface area contributed by atoms with Crippen molar-refractivity contribution < 1.29 is 9.84 Å². The lowest BCUT2D eigenvalue weighted by molar-refractivity contribution is 0.259. The average molecular weight is 239 g/mol. The molecule has 2 N–H and O–H groups in total. The average Bonchev–Trinajstić information content (AvgIpc) is 2.26. The molecule has 0 fully saturated rings. The highest BCUT2D eigenvalue weighted by Gasteiger charge is 2.11. The number of rotatable bonds is 6. The first-order valence-electron chi connectivity index (χ1n) is 5.82. The number of aryl methyl sites for hydroxylation is 1. The van der Waals surface area contributed by atoms with E-state index in [1.165, 1.54) is 0 Å². The van der Waals surface area contributed by atoms with Crippen molar-refractivity contribution in [1.82, 2.24) is 9.97 Å². The molecule has 0 saturated carbocycles. The van der Waals surface area contributed by atoms with E-state index in [-0.39, 0.29) is 12.6 Å². The third-order valence-electron chi connectivity index (χ3n) is 2.35. The van der Waals surface area contributed by atoms with Gasteiger partial charge in [0.1, 0.15) is 11.6 Å². The summed E-state index contributed by atoms with van der Waals surface area (Å²) < 4.78 is 5.08. The molecule has 0 bridgehead atoms. The molecule has 0 spiro atoms. The van der Waals surface area contributed by atoms with Crippen LogP contribution in [0.5, 0.6) is 5.88 Å². The summed E-state index contributed by atoms with van der Waals surface area (Å²) in [5.74, 6) is 2.38. The summed E-state index contributed by atoms with van der Waals surface area (Å²) in [6.07, 6.45) is 0.891. The lowest BCUT2D eigenvalue weighted by Gasteiger charge is -2.19. The number of aliphatic hydroxyl groups excluding tert-OH is 1. The van der Waals surface area contributed by atoms with E-state index in [1.807, 2.05) is 6.92 Å². The largest absolute Gasteiger partial charge is 0.481 e. The maximum absolute atomic E-state index is 9.29. The molecule has 1 heterocycles. The fraction of sp³-hybridized carbons (Fsp3) is 0.667. The number of hydrogen-bond acceptors (Lipinski definition) is 5. The molecule has 0 aliphatic carbocycles. The Kier molecular flexibility index (Phi) is 5.15. The molecule has 5 heteroatoms. The molecule has 0 aliphatic rings. The molecule has 0 radical (unpaired) electrons. The zero-order valence-corrected chi connectivity index (χ0v) is 10.9. The molecular formula is C12H21N3O2. The summed E-state index contributed by atoms with van der Waals surface area (Å²) >= 11 is 0. The Morgan fingerprint density at radius 3 is 2.65 bits per heavy atom. The summed E-state index contributed by atoms with van der Waals surface area (Å²) in [4.78, 5) is 8.37. The van der Waals surface area contributed by atoms with Gasteiger partial charge in [0.25, 0.3) is 0 Å². The molecule has 0 saturated heterocycles. The van der Waals surface area contributed by atoms with E-state index in [1.54, 1.807) is 13.2 Å². The van der Waals surface area contributed by atoms with Crippen LogP contribution < -0.4 is 10.1 Å². The topological polar surface area (TPSA) is 67.3 Å². The van der Waals surface area contributed by atoms with Gasteiger partial charge >= 0.3 is 0 Å². The van der Waals surface area contributed by atoms with Gasteiger partial charge in [0.15, 0.2) is 0 Å². The molecule has 96 valence electrons. The van der Waals surface area contributed by atoms with Crippen molar-refractivity contribution in [2.75, 3.05) is 19.0 Å². The molecule has 0 aromatic carbocycles. The minimum Gasteiger partial charge on any atom is -0.481 e. The molecule has 1 aromatic rings. The number of hydrogen-bond donors (Lipinski definition) is 2. The first-order chi connectivity index (χ1) is 8.05. The van der Waals surface area contributed by atoms with Crippen LogP contribution in [-0.4, -0.2) is 34.8 Å². The van der Waals surface area contributed by atoms with Gasteiger partial charge in [-0.1, -0.05) is 13.8 Å². The SMILES string of the molecule is COc1cc(NC(CO)CC(C)C)nc(C)n1. The Bertz CT molecular complexity index is 356. The summed E-state index contributed by atoms with van der Waals surface area (Å²) in [7, 11) is 1.57. The fourth-order valence-corrected chi connectivity index (χ4v) is 1.68. The number of aliphatic hydroxyl groups is 1. The predicted octanol–water partition coefficient (Wildman–Crippen LogP) is 1.61. The van der Waals surface area contributed by atoms with Crippen molar-refractivity contribution >= 4 is 5.82 Å². The number of nitrogens with zero attached hydrogens (tertiary/aromatic N) is 2. The minimum absolute atomic E-state index is 0.00834. The van der Waals surface area contributed by atoms with E-state index in [4.69, 9.17) is 4.74 Å². The summed E-state index contributed by atoms with van der Waals surface area (Å²) in [6.45, 7) is 6.14. The third kappa shape index (κ3) is 4.56. The van der Waals surface area contributed by atoms with E-state index in [2.05, 4.69) is 29.1 Å². The van der Waals surface area contributed by atoms with E-state index >= 15 is 0 Å². The van der Waals surface area contributed by atoms with E-state index in [9.17, 15) is 5.11 Å². The van der Waals surface area contributed by atoms with Crippen LogP contribution in [0.15, 0.2) is 6.07 Å². The highest BCUT2D eigenvalue weighted by molar-refractivity contribution is 5.39. The second-order valence-electron chi connectivity index (χ2n) is 4.50. The molecule has 5 nitrogen and oxygen atoms in total. The van der Waals surface area contributed by atoms with Gasteiger partial charge < -0.3 is 15.2 Å². The fourth-order valence-electron chi connectivity index (χ4n) is 1.68. The molecule has 1 rings (SSSR count). The van der Waals surface area contributed by atoms with Crippen molar-refractivity contribution in [3.8, 4) is 5.88 Å². The van der Waals surface area contributed by atoms with Gasteiger partial charge in [0.2, 0.25) is 5.88 Å². The molecule has 1 aromatic heterocycles. The zero-order chi connectivity index (χ0) is 12.8. The normalized spacial score (nSPS) is 12.6. The van der Waals surface area contributed by atoms with Crippen LogP contribution in [0, 0.1) is 12.8 Å². The second kappa shape index (κ2) is 6.39. The predicted molar refractivity (Wildman–Crippen MR) is 67.3 cm³/mol. The van der Waals surface area contributed by atoms with Gasteiger partial charge in [-0.25, -0.2) is 4.98 Å².